The van der Waals surface area contributed by atoms with Gasteiger partial charge in [-0.3, -0.25) is 14.8 Å². The monoisotopic (exact) mass is 267 g/mol. The molecule has 0 fully saturated rings. The minimum Gasteiger partial charge on any atom is -0.381 e. The molecule has 0 saturated carbocycles. The first-order valence-electron chi connectivity index (χ1n) is 5.70. The lowest BCUT2D eigenvalue weighted by atomic mass is 10.0. The van der Waals surface area contributed by atoms with Crippen LogP contribution in [0.4, 0.5) is 0 Å². The van der Waals surface area contributed by atoms with Gasteiger partial charge in [-0.05, 0) is 12.5 Å². The molecule has 0 radical (unpaired) electrons. The van der Waals surface area contributed by atoms with Crippen molar-refractivity contribution in [2.45, 2.75) is 25.1 Å². The van der Waals surface area contributed by atoms with Gasteiger partial charge in [0.2, 0.25) is 0 Å². The molecule has 2 amide bonds. The number of hydroxylamine groups is 1. The molecule has 1 aromatic carbocycles. The van der Waals surface area contributed by atoms with Gasteiger partial charge in [-0.25, -0.2) is 5.48 Å². The SMILES string of the molecule is C[C@H](NC(=O)[C@H](O)[C@@H](N)c1ccccc1)C(=O)NO. The molecule has 0 spiro atoms. The fraction of sp³-hybridized carbons (Fsp3) is 0.333. The maximum atomic E-state index is 11.7. The Hall–Kier alpha value is -1.96. The largest absolute Gasteiger partial charge is 0.381 e. The summed E-state index contributed by atoms with van der Waals surface area (Å²) in [6.07, 6.45) is -1.49. The number of carbonyl (C=O) groups excluding carboxylic acids is 2. The Morgan fingerprint density at radius 1 is 1.21 bits per heavy atom. The van der Waals surface area contributed by atoms with Gasteiger partial charge in [0, 0.05) is 0 Å². The zero-order chi connectivity index (χ0) is 14.4. The van der Waals surface area contributed by atoms with E-state index in [-0.39, 0.29) is 0 Å². The molecule has 104 valence electrons. The number of hydrogen-bond acceptors (Lipinski definition) is 5. The zero-order valence-electron chi connectivity index (χ0n) is 10.4. The molecule has 0 heterocycles. The van der Waals surface area contributed by atoms with E-state index in [9.17, 15) is 14.7 Å². The van der Waals surface area contributed by atoms with E-state index in [0.29, 0.717) is 5.56 Å². The van der Waals surface area contributed by atoms with E-state index in [4.69, 9.17) is 10.9 Å². The normalized spacial score (nSPS) is 15.2. The maximum Gasteiger partial charge on any atom is 0.265 e. The van der Waals surface area contributed by atoms with Crippen LogP contribution in [0.3, 0.4) is 0 Å². The van der Waals surface area contributed by atoms with Crippen LogP contribution in [-0.2, 0) is 9.59 Å². The van der Waals surface area contributed by atoms with Gasteiger partial charge in [-0.1, -0.05) is 30.3 Å². The van der Waals surface area contributed by atoms with Gasteiger partial charge < -0.3 is 16.2 Å². The van der Waals surface area contributed by atoms with Crippen LogP contribution in [0.1, 0.15) is 18.5 Å². The van der Waals surface area contributed by atoms with Crippen LogP contribution < -0.4 is 16.5 Å². The molecule has 7 nitrogen and oxygen atoms in total. The minimum absolute atomic E-state index is 0.601. The molecule has 0 aliphatic rings. The quantitative estimate of drug-likeness (QED) is 0.348. The summed E-state index contributed by atoms with van der Waals surface area (Å²) in [4.78, 5) is 22.7. The lowest BCUT2D eigenvalue weighted by molar-refractivity contribution is -0.137. The van der Waals surface area contributed by atoms with Crippen molar-refractivity contribution in [1.29, 1.82) is 0 Å². The van der Waals surface area contributed by atoms with Crippen molar-refractivity contribution in [2.24, 2.45) is 5.73 Å². The highest BCUT2D eigenvalue weighted by Gasteiger charge is 2.26. The number of hydrogen-bond donors (Lipinski definition) is 5. The Morgan fingerprint density at radius 3 is 2.32 bits per heavy atom. The number of aliphatic hydroxyl groups is 1. The van der Waals surface area contributed by atoms with E-state index in [2.05, 4.69) is 5.32 Å². The highest BCUT2D eigenvalue weighted by Crippen LogP contribution is 2.13. The van der Waals surface area contributed by atoms with Crippen LogP contribution >= 0.6 is 0 Å². The second-order valence-corrected chi connectivity index (χ2v) is 4.09. The second-order valence-electron chi connectivity index (χ2n) is 4.09. The average Bonchev–Trinajstić information content (AvgIpc) is 2.45. The topological polar surface area (TPSA) is 125 Å². The van der Waals surface area contributed by atoms with Gasteiger partial charge >= 0.3 is 0 Å². The lowest BCUT2D eigenvalue weighted by Gasteiger charge is -2.20. The molecular formula is C12H17N3O4. The molecule has 0 aliphatic heterocycles. The summed E-state index contributed by atoms with van der Waals surface area (Å²) >= 11 is 0. The van der Waals surface area contributed by atoms with Crippen LogP contribution in [-0.4, -0.2) is 34.3 Å². The van der Waals surface area contributed by atoms with Gasteiger partial charge in [0.05, 0.1) is 6.04 Å². The molecule has 7 heteroatoms. The van der Waals surface area contributed by atoms with E-state index in [0.717, 1.165) is 0 Å². The number of nitrogens with one attached hydrogen (secondary N) is 2. The minimum atomic E-state index is -1.49. The lowest BCUT2D eigenvalue weighted by Crippen LogP contribution is -2.49. The summed E-state index contributed by atoms with van der Waals surface area (Å²) in [6, 6.07) is 6.76. The predicted molar refractivity (Wildman–Crippen MR) is 66.9 cm³/mol. The van der Waals surface area contributed by atoms with Crippen molar-refractivity contribution in [1.82, 2.24) is 10.8 Å². The van der Waals surface area contributed by atoms with Crippen molar-refractivity contribution in [3.05, 3.63) is 35.9 Å². The molecule has 3 atom stereocenters. The number of benzene rings is 1. The van der Waals surface area contributed by atoms with E-state index in [1.807, 2.05) is 0 Å². The Labute approximate surface area is 110 Å². The molecule has 1 rings (SSSR count). The predicted octanol–water partition coefficient (Wildman–Crippen LogP) is -0.943. The van der Waals surface area contributed by atoms with E-state index < -0.39 is 30.0 Å². The first-order chi connectivity index (χ1) is 8.97. The standard InChI is InChI=1S/C12H17N3O4/c1-7(11(17)15-19)14-12(18)10(16)9(13)8-5-3-2-4-6-8/h2-7,9-10,16,19H,13H2,1H3,(H,14,18)(H,15,17)/t7-,9-,10+/m0/s1. The molecular weight excluding hydrogens is 250 g/mol. The first-order valence-corrected chi connectivity index (χ1v) is 5.70. The van der Waals surface area contributed by atoms with Crippen LogP contribution in [0.25, 0.3) is 0 Å². The van der Waals surface area contributed by atoms with Gasteiger partial charge in [0.1, 0.15) is 6.04 Å². The van der Waals surface area contributed by atoms with Crippen LogP contribution in [0.15, 0.2) is 30.3 Å². The summed E-state index contributed by atoms with van der Waals surface area (Å²) in [5, 5.41) is 20.5. The summed E-state index contributed by atoms with van der Waals surface area (Å²) in [5.74, 6) is -1.57. The molecule has 0 unspecified atom stereocenters. The van der Waals surface area contributed by atoms with Gasteiger partial charge in [-0.2, -0.15) is 0 Å². The highest BCUT2D eigenvalue weighted by molar-refractivity contribution is 5.88. The molecule has 6 N–H and O–H groups in total. The number of aliphatic hydroxyl groups excluding tert-OH is 1. The molecule has 0 saturated heterocycles. The smallest absolute Gasteiger partial charge is 0.265 e. The summed E-state index contributed by atoms with van der Waals surface area (Å²) < 4.78 is 0. The Balaban J connectivity index is 2.64. The van der Waals surface area contributed by atoms with Crippen molar-refractivity contribution in [2.75, 3.05) is 0 Å². The molecule has 0 bridgehead atoms. The third-order valence-electron chi connectivity index (χ3n) is 2.66. The van der Waals surface area contributed by atoms with Crippen molar-refractivity contribution in [3.63, 3.8) is 0 Å². The summed E-state index contributed by atoms with van der Waals surface area (Å²) in [5.41, 5.74) is 7.77. The fourth-order valence-electron chi connectivity index (χ4n) is 1.48. The molecule has 0 aliphatic carbocycles. The number of nitrogens with two attached hydrogens (primary N) is 1. The van der Waals surface area contributed by atoms with Gasteiger partial charge in [0.15, 0.2) is 6.10 Å². The van der Waals surface area contributed by atoms with Crippen molar-refractivity contribution in [3.8, 4) is 0 Å². The van der Waals surface area contributed by atoms with Crippen LogP contribution in [0, 0.1) is 0 Å². The van der Waals surface area contributed by atoms with Crippen molar-refractivity contribution < 1.29 is 19.9 Å². The molecule has 19 heavy (non-hydrogen) atoms. The Bertz CT molecular complexity index is 438. The van der Waals surface area contributed by atoms with Gasteiger partial charge in [0.25, 0.3) is 11.8 Å². The fourth-order valence-corrected chi connectivity index (χ4v) is 1.48. The summed E-state index contributed by atoms with van der Waals surface area (Å²) in [7, 11) is 0. The number of rotatable bonds is 5. The van der Waals surface area contributed by atoms with E-state index >= 15 is 0 Å². The van der Waals surface area contributed by atoms with Crippen LogP contribution in [0.5, 0.6) is 0 Å². The highest BCUT2D eigenvalue weighted by atomic mass is 16.5. The third-order valence-corrected chi connectivity index (χ3v) is 2.66. The summed E-state index contributed by atoms with van der Waals surface area (Å²) in [6.45, 7) is 1.37. The Kier molecular flexibility index (Phi) is 5.43. The zero-order valence-corrected chi connectivity index (χ0v) is 10.4. The first kappa shape index (κ1) is 15.1. The van der Waals surface area contributed by atoms with E-state index in [1.165, 1.54) is 12.4 Å². The second kappa shape index (κ2) is 6.83. The van der Waals surface area contributed by atoms with E-state index in [1.54, 1.807) is 30.3 Å². The third kappa shape index (κ3) is 4.02. The molecule has 1 aromatic rings. The van der Waals surface area contributed by atoms with Crippen molar-refractivity contribution >= 4 is 11.8 Å². The molecule has 0 aromatic heterocycles. The number of carbonyl (C=O) groups is 2. The van der Waals surface area contributed by atoms with Crippen LogP contribution in [0.2, 0.25) is 0 Å². The Morgan fingerprint density at radius 2 is 1.79 bits per heavy atom. The van der Waals surface area contributed by atoms with Gasteiger partial charge in [-0.15, -0.1) is 0 Å². The average molecular weight is 267 g/mol. The maximum absolute atomic E-state index is 11.7. The number of amides is 2.